The zero-order valence-electron chi connectivity index (χ0n) is 43.4. The molecule has 0 fully saturated rings. The molecule has 0 saturated carbocycles. The van der Waals surface area contributed by atoms with Gasteiger partial charge in [0.15, 0.2) is 0 Å². The van der Waals surface area contributed by atoms with Crippen LogP contribution in [0.5, 0.6) is 23.0 Å². The van der Waals surface area contributed by atoms with Crippen LogP contribution in [0.2, 0.25) is 0 Å². The van der Waals surface area contributed by atoms with Gasteiger partial charge < -0.3 is 9.47 Å². The van der Waals surface area contributed by atoms with Crippen molar-refractivity contribution in [1.82, 2.24) is 9.80 Å². The van der Waals surface area contributed by atoms with Gasteiger partial charge in [-0.2, -0.15) is 0 Å². The monoisotopic (exact) mass is 925 g/mol. The molecule has 69 heavy (non-hydrogen) atoms. The van der Waals surface area contributed by atoms with Crippen molar-refractivity contribution in [2.24, 2.45) is 5.92 Å². The number of hydrogen-bond donors (Lipinski definition) is 0. The van der Waals surface area contributed by atoms with Crippen LogP contribution < -0.4 is 9.47 Å². The van der Waals surface area contributed by atoms with E-state index in [2.05, 4.69) is 133 Å². The van der Waals surface area contributed by atoms with Gasteiger partial charge >= 0.3 is 0 Å². The average Bonchev–Trinajstić information content (AvgIpc) is 3.27. The van der Waals surface area contributed by atoms with Gasteiger partial charge in [0.2, 0.25) is 0 Å². The first-order valence-electron chi connectivity index (χ1n) is 24.9. The molecule has 1 unspecified atom stereocenters. The second-order valence-corrected chi connectivity index (χ2v) is 23.9. The molecule has 0 aliphatic carbocycles. The van der Waals surface area contributed by atoms with Gasteiger partial charge in [-0.15, -0.1) is 0 Å². The van der Waals surface area contributed by atoms with Crippen molar-refractivity contribution < 1.29 is 28.7 Å². The molecule has 7 aromatic rings. The van der Waals surface area contributed by atoms with Gasteiger partial charge in [0.1, 0.15) is 23.0 Å². The third kappa shape index (κ3) is 8.02. The molecule has 8 heteroatoms. The number of hydrogen-bond acceptors (Lipinski definition) is 6. The zero-order chi connectivity index (χ0) is 50.0. The Morgan fingerprint density at radius 1 is 0.464 bits per heavy atom. The fourth-order valence-corrected chi connectivity index (χ4v) is 10.4. The molecule has 7 aromatic carbocycles. The Labute approximate surface area is 407 Å². The maximum atomic E-state index is 15.2. The Bertz CT molecular complexity index is 3250. The third-order valence-electron chi connectivity index (χ3n) is 14.8. The van der Waals surface area contributed by atoms with Crippen molar-refractivity contribution >= 4 is 66.7 Å². The van der Waals surface area contributed by atoms with Gasteiger partial charge in [-0.1, -0.05) is 140 Å². The Balaban J connectivity index is 1.42. The van der Waals surface area contributed by atoms with Gasteiger partial charge in [0.05, 0.1) is 11.1 Å². The number of ether oxygens (including phenoxy) is 2. The molecule has 0 aromatic heterocycles. The van der Waals surface area contributed by atoms with E-state index >= 15 is 4.79 Å². The molecule has 0 saturated heterocycles. The molecule has 1 atom stereocenters. The van der Waals surface area contributed by atoms with Crippen molar-refractivity contribution in [1.29, 1.82) is 0 Å². The van der Waals surface area contributed by atoms with Crippen LogP contribution in [0.25, 0.3) is 43.1 Å². The summed E-state index contributed by atoms with van der Waals surface area (Å²) in [6.07, 6.45) is 3.81. The number of imide groups is 2. The number of fused-ring (bicyclic) bond motifs is 2. The second-order valence-electron chi connectivity index (χ2n) is 23.9. The van der Waals surface area contributed by atoms with E-state index in [0.717, 1.165) is 47.9 Å². The summed E-state index contributed by atoms with van der Waals surface area (Å²) >= 11 is 0. The minimum absolute atomic E-state index is 0.158. The summed E-state index contributed by atoms with van der Waals surface area (Å²) in [4.78, 5) is 61.2. The van der Waals surface area contributed by atoms with Crippen LogP contribution in [-0.2, 0) is 21.7 Å². The Morgan fingerprint density at radius 3 is 1.23 bits per heavy atom. The molecule has 358 valence electrons. The van der Waals surface area contributed by atoms with Crippen molar-refractivity contribution in [2.75, 3.05) is 13.6 Å². The van der Waals surface area contributed by atoms with Gasteiger partial charge in [0.25, 0.3) is 23.6 Å². The Morgan fingerprint density at radius 2 is 0.841 bits per heavy atom. The fourth-order valence-electron chi connectivity index (χ4n) is 10.4. The number of carbonyl (C=O) groups is 4. The number of unbranched alkanes of at least 4 members (excludes halogenated alkanes) is 1. The summed E-state index contributed by atoms with van der Waals surface area (Å²) in [6.45, 7) is 30.8. The molecule has 4 amide bonds. The number of rotatable bonds is 10. The number of benzene rings is 7. The summed E-state index contributed by atoms with van der Waals surface area (Å²) in [6, 6.07) is 23.9. The van der Waals surface area contributed by atoms with Crippen molar-refractivity contribution in [2.45, 2.75) is 144 Å². The molecule has 2 heterocycles. The van der Waals surface area contributed by atoms with E-state index in [-0.39, 0.29) is 39.4 Å². The molecular weight excluding hydrogens is 857 g/mol. The van der Waals surface area contributed by atoms with Crippen LogP contribution in [0.15, 0.2) is 72.8 Å². The van der Waals surface area contributed by atoms with Gasteiger partial charge in [-0.25, -0.2) is 0 Å². The molecule has 0 N–H and O–H groups in total. The largest absolute Gasteiger partial charge is 0.457 e. The first-order valence-corrected chi connectivity index (χ1v) is 24.9. The Kier molecular flexibility index (Phi) is 11.4. The van der Waals surface area contributed by atoms with Crippen LogP contribution in [0.1, 0.15) is 186 Å². The molecule has 2 aliphatic rings. The minimum Gasteiger partial charge on any atom is -0.457 e. The predicted octanol–water partition coefficient (Wildman–Crippen LogP) is 15.5. The second kappa shape index (κ2) is 16.4. The summed E-state index contributed by atoms with van der Waals surface area (Å²) in [5.74, 6) is 0.761. The zero-order valence-corrected chi connectivity index (χ0v) is 43.4. The van der Waals surface area contributed by atoms with E-state index in [0.29, 0.717) is 94.9 Å². The highest BCUT2D eigenvalue weighted by Crippen LogP contribution is 2.53. The number of carbonyl (C=O) groups excluding carboxylic acids is 4. The molecule has 0 bridgehead atoms. The first-order chi connectivity index (χ1) is 32.2. The summed E-state index contributed by atoms with van der Waals surface area (Å²) < 4.78 is 14.4. The first kappa shape index (κ1) is 47.8. The molecule has 9 rings (SSSR count). The lowest BCUT2D eigenvalue weighted by Crippen LogP contribution is -2.43. The topological polar surface area (TPSA) is 93.2 Å². The average molecular weight is 925 g/mol. The summed E-state index contributed by atoms with van der Waals surface area (Å²) in [5, 5.41) is 5.23. The molecule has 8 nitrogen and oxygen atoms in total. The molecule has 2 aliphatic heterocycles. The smallest absolute Gasteiger partial charge is 0.261 e. The SMILES string of the molecule is CCCCC(CC)CN1C(=O)c2ccc3c4c(Oc5cc(C(C)(C)C)cc(C(C)(C)C)c5)cc5c6c(ccc(c7c(Oc8cc(C(C)(C)C)cc(C(C)(C)C)c8)cc(c2c37)C1=O)c64)C(=O)N(C)C5=O. The molecule has 0 spiro atoms. The lowest BCUT2D eigenvalue weighted by Gasteiger charge is -2.32. The van der Waals surface area contributed by atoms with Crippen LogP contribution >= 0.6 is 0 Å². The summed E-state index contributed by atoms with van der Waals surface area (Å²) in [7, 11) is 1.51. The van der Waals surface area contributed by atoms with E-state index in [1.807, 2.05) is 24.3 Å². The molecular formula is C61H68N2O6. The van der Waals surface area contributed by atoms with Crippen LogP contribution in [0, 0.1) is 5.92 Å². The van der Waals surface area contributed by atoms with Gasteiger partial charge in [-0.3, -0.25) is 29.0 Å². The van der Waals surface area contributed by atoms with Crippen LogP contribution in [0.3, 0.4) is 0 Å². The van der Waals surface area contributed by atoms with Crippen LogP contribution in [0.4, 0.5) is 0 Å². The van der Waals surface area contributed by atoms with Crippen molar-refractivity contribution in [3.05, 3.63) is 117 Å². The lowest BCUT2D eigenvalue weighted by atomic mass is 9.80. The van der Waals surface area contributed by atoms with Gasteiger partial charge in [0, 0.05) is 57.0 Å². The van der Waals surface area contributed by atoms with Crippen molar-refractivity contribution in [3.63, 3.8) is 0 Å². The standard InChI is InChI=1S/C61H68N2O6/c1-16-18-19-33(17-2)32-63-56(66)43-23-21-41-50-46(68-38-26-34(58(3,4)5)24-35(27-38)59(6,7)8)30-44-48-42(54(64)62(15)55(44)65)22-20-40(52(48)50)51-47(31-45(57(63)67)49(43)53(41)51)69-39-28-36(60(9,10)11)25-37(29-39)61(12,13)14/h20-31,33H,16-19,32H2,1-15H3. The predicted molar refractivity (Wildman–Crippen MR) is 281 cm³/mol. The fraction of sp³-hybridized carbons (Fsp3) is 0.410. The quantitative estimate of drug-likeness (QED) is 0.0771. The Hall–Kier alpha value is -6.28. The van der Waals surface area contributed by atoms with E-state index in [1.165, 1.54) is 16.8 Å². The number of nitrogens with zero attached hydrogens (tertiary/aromatic N) is 2. The summed E-state index contributed by atoms with van der Waals surface area (Å²) in [5.41, 5.74) is 5.19. The van der Waals surface area contributed by atoms with Crippen LogP contribution in [-0.4, -0.2) is 47.0 Å². The third-order valence-corrected chi connectivity index (χ3v) is 14.8. The highest BCUT2D eigenvalue weighted by molar-refractivity contribution is 6.43. The normalized spacial score (nSPS) is 15.2. The number of amides is 4. The van der Waals surface area contributed by atoms with E-state index in [9.17, 15) is 14.4 Å². The van der Waals surface area contributed by atoms with E-state index in [4.69, 9.17) is 9.47 Å². The van der Waals surface area contributed by atoms with Crippen molar-refractivity contribution in [3.8, 4) is 23.0 Å². The van der Waals surface area contributed by atoms with E-state index in [1.54, 1.807) is 12.1 Å². The highest BCUT2D eigenvalue weighted by atomic mass is 16.5. The maximum absolute atomic E-state index is 15.2. The van der Waals surface area contributed by atoms with Gasteiger partial charge in [-0.05, 0) is 116 Å². The highest BCUT2D eigenvalue weighted by Gasteiger charge is 2.39. The lowest BCUT2D eigenvalue weighted by molar-refractivity contribution is 0.0576. The van der Waals surface area contributed by atoms with E-state index < -0.39 is 11.8 Å². The molecule has 0 radical (unpaired) electrons. The maximum Gasteiger partial charge on any atom is 0.261 e. The minimum atomic E-state index is -0.429.